The zero-order valence-electron chi connectivity index (χ0n) is 16.0. The first-order valence-corrected chi connectivity index (χ1v) is 10.6. The molecule has 0 aliphatic heterocycles. The zero-order chi connectivity index (χ0) is 25.9. The Bertz CT molecular complexity index is 1450. The maximum Gasteiger partial charge on any atom is 0.250 e. The van der Waals surface area contributed by atoms with Gasteiger partial charge in [0.2, 0.25) is 0 Å². The van der Waals surface area contributed by atoms with Crippen LogP contribution in [0, 0.1) is 70.1 Å². The molecule has 0 amide bonds. The Morgan fingerprint density at radius 1 is 0.400 bits per heavy atom. The van der Waals surface area contributed by atoms with Crippen LogP contribution < -0.4 is 0 Å². The molecule has 2 aromatic carbocycles. The molecule has 2 aromatic heterocycles. The first-order valence-electron chi connectivity index (χ1n) is 8.65. The van der Waals surface area contributed by atoms with Gasteiger partial charge in [-0.15, -0.1) is 23.5 Å². The molecule has 16 heteroatoms. The Hall–Kier alpha value is -2.88. The van der Waals surface area contributed by atoms with Crippen molar-refractivity contribution in [3.63, 3.8) is 0 Å². The number of benzene rings is 2. The highest BCUT2D eigenvalue weighted by Gasteiger charge is 2.30. The fourth-order valence-electron chi connectivity index (χ4n) is 2.98. The smallest absolute Gasteiger partial charge is 0.214 e. The van der Waals surface area contributed by atoms with Crippen LogP contribution in [0.15, 0.2) is 9.79 Å². The standard InChI is InChI=1S/C19H2F12N2S2/c20-4-2-14(10(26)8(24)6(4)22)32-18(30)12(28)16(2)34-1-35-17-3-5(21)7(23)9(25)11(27)15(3)33-19(31)13(17)29/h1H2. The third kappa shape index (κ3) is 3.82. The van der Waals surface area contributed by atoms with E-state index < -0.39 is 107 Å². The Kier molecular flexibility index (Phi) is 6.46. The second kappa shape index (κ2) is 8.96. The number of pyridine rings is 2. The maximum absolute atomic E-state index is 14.3. The molecule has 0 fully saturated rings. The van der Waals surface area contributed by atoms with Gasteiger partial charge >= 0.3 is 0 Å². The number of hydrogen-bond donors (Lipinski definition) is 0. The molecule has 0 N–H and O–H groups in total. The molecule has 4 rings (SSSR count). The number of rotatable bonds is 4. The lowest BCUT2D eigenvalue weighted by molar-refractivity contribution is 0.412. The molecule has 2 heterocycles. The average Bonchev–Trinajstić information content (AvgIpc) is 2.83. The molecule has 0 bridgehead atoms. The molecule has 2 nitrogen and oxygen atoms in total. The monoisotopic (exact) mass is 550 g/mol. The molecule has 0 aliphatic rings. The van der Waals surface area contributed by atoms with Crippen LogP contribution in [-0.2, 0) is 0 Å². The van der Waals surface area contributed by atoms with Gasteiger partial charge in [-0.3, -0.25) is 0 Å². The number of aromatic nitrogens is 2. The highest BCUT2D eigenvalue weighted by atomic mass is 32.2. The lowest BCUT2D eigenvalue weighted by Crippen LogP contribution is -2.05. The summed E-state index contributed by atoms with van der Waals surface area (Å²) in [6.45, 7) is 0. The van der Waals surface area contributed by atoms with Crippen LogP contribution in [0.2, 0.25) is 0 Å². The summed E-state index contributed by atoms with van der Waals surface area (Å²) < 4.78 is 167. The quantitative estimate of drug-likeness (QED) is 0.0666. The fraction of sp³-hybridized carbons (Fsp3) is 0.0526. The molecule has 184 valence electrons. The van der Waals surface area contributed by atoms with Crippen molar-refractivity contribution in [2.24, 2.45) is 0 Å². The summed E-state index contributed by atoms with van der Waals surface area (Å²) in [7, 11) is 0. The van der Waals surface area contributed by atoms with Gasteiger partial charge in [0, 0.05) is 5.08 Å². The topological polar surface area (TPSA) is 25.8 Å². The Morgan fingerprint density at radius 2 is 0.714 bits per heavy atom. The van der Waals surface area contributed by atoms with Gasteiger partial charge < -0.3 is 0 Å². The molecule has 0 saturated carbocycles. The number of halogens is 12. The third-order valence-electron chi connectivity index (χ3n) is 4.53. The average molecular weight is 550 g/mol. The first kappa shape index (κ1) is 25.2. The van der Waals surface area contributed by atoms with Crippen LogP contribution in [-0.4, -0.2) is 15.1 Å². The van der Waals surface area contributed by atoms with Gasteiger partial charge in [-0.05, 0) is 0 Å². The summed E-state index contributed by atoms with van der Waals surface area (Å²) in [5.41, 5.74) is -2.88. The highest BCUT2D eigenvalue weighted by Crippen LogP contribution is 2.41. The van der Waals surface area contributed by atoms with Crippen molar-refractivity contribution in [1.82, 2.24) is 9.97 Å². The van der Waals surface area contributed by atoms with Crippen LogP contribution in [0.3, 0.4) is 0 Å². The van der Waals surface area contributed by atoms with Crippen molar-refractivity contribution in [2.45, 2.75) is 9.79 Å². The maximum atomic E-state index is 14.3. The number of hydrogen-bond acceptors (Lipinski definition) is 4. The molecule has 0 saturated heterocycles. The van der Waals surface area contributed by atoms with Gasteiger partial charge in [0.1, 0.15) is 11.0 Å². The second-order valence-corrected chi connectivity index (χ2v) is 8.79. The molecule has 0 unspecified atom stereocenters. The van der Waals surface area contributed by atoms with Gasteiger partial charge in [0.15, 0.2) is 58.2 Å². The van der Waals surface area contributed by atoms with Gasteiger partial charge in [-0.25, -0.2) is 53.9 Å². The molecule has 0 aliphatic carbocycles. The van der Waals surface area contributed by atoms with Crippen LogP contribution >= 0.6 is 23.5 Å². The normalized spacial score (nSPS) is 11.8. The second-order valence-electron chi connectivity index (χ2n) is 6.46. The number of thioether (sulfide) groups is 2. The van der Waals surface area contributed by atoms with Gasteiger partial charge in [-0.1, -0.05) is 0 Å². The summed E-state index contributed by atoms with van der Waals surface area (Å²) in [6, 6.07) is 0. The molecular formula is C19H2F12N2S2. The first-order chi connectivity index (χ1) is 16.4. The van der Waals surface area contributed by atoms with E-state index in [1.165, 1.54) is 0 Å². The Labute approximate surface area is 193 Å². The Balaban J connectivity index is 1.83. The number of fused-ring (bicyclic) bond motifs is 2. The molecule has 4 aromatic rings. The van der Waals surface area contributed by atoms with E-state index in [1.807, 2.05) is 0 Å². The van der Waals surface area contributed by atoms with Crippen LogP contribution in [0.4, 0.5) is 52.7 Å². The predicted molar refractivity (Wildman–Crippen MR) is 99.6 cm³/mol. The molecule has 0 atom stereocenters. The van der Waals surface area contributed by atoms with Crippen molar-refractivity contribution < 1.29 is 52.7 Å². The highest BCUT2D eigenvalue weighted by molar-refractivity contribution is 8.16. The minimum absolute atomic E-state index is 0.0179. The summed E-state index contributed by atoms with van der Waals surface area (Å²) in [5, 5.41) is -3.56. The van der Waals surface area contributed by atoms with E-state index in [0.717, 1.165) is 0 Å². The Morgan fingerprint density at radius 3 is 1.06 bits per heavy atom. The minimum Gasteiger partial charge on any atom is -0.214 e. The summed E-state index contributed by atoms with van der Waals surface area (Å²) in [5.74, 6) is -26.2. The van der Waals surface area contributed by atoms with E-state index in [1.54, 1.807) is 0 Å². The minimum atomic E-state index is -2.39. The fourth-order valence-corrected chi connectivity index (χ4v) is 5.25. The van der Waals surface area contributed by atoms with Crippen molar-refractivity contribution in [2.75, 3.05) is 5.08 Å². The number of nitrogens with zero attached hydrogens (tertiary/aromatic N) is 2. The van der Waals surface area contributed by atoms with Crippen LogP contribution in [0.1, 0.15) is 0 Å². The van der Waals surface area contributed by atoms with Crippen molar-refractivity contribution in [3.05, 3.63) is 70.1 Å². The van der Waals surface area contributed by atoms with E-state index in [-0.39, 0.29) is 23.5 Å². The lowest BCUT2D eigenvalue weighted by atomic mass is 10.2. The predicted octanol–water partition coefficient (Wildman–Crippen LogP) is 7.29. The van der Waals surface area contributed by atoms with E-state index >= 15 is 0 Å². The van der Waals surface area contributed by atoms with E-state index in [2.05, 4.69) is 9.97 Å². The van der Waals surface area contributed by atoms with E-state index in [9.17, 15) is 52.7 Å². The molecular weight excluding hydrogens is 548 g/mol. The lowest BCUT2D eigenvalue weighted by Gasteiger charge is -2.13. The van der Waals surface area contributed by atoms with Gasteiger partial charge in [0.25, 0.3) is 11.9 Å². The third-order valence-corrected chi connectivity index (χ3v) is 6.81. The summed E-state index contributed by atoms with van der Waals surface area (Å²) in [4.78, 5) is 3.01. The van der Waals surface area contributed by atoms with Crippen molar-refractivity contribution >= 4 is 45.3 Å². The van der Waals surface area contributed by atoms with Crippen molar-refractivity contribution in [3.8, 4) is 0 Å². The molecule has 35 heavy (non-hydrogen) atoms. The van der Waals surface area contributed by atoms with Gasteiger partial charge in [-0.2, -0.15) is 8.78 Å². The summed E-state index contributed by atoms with van der Waals surface area (Å²) in [6.07, 6.45) is 0. The van der Waals surface area contributed by atoms with E-state index in [4.69, 9.17) is 0 Å². The largest absolute Gasteiger partial charge is 0.250 e. The van der Waals surface area contributed by atoms with E-state index in [0.29, 0.717) is 0 Å². The molecule has 0 radical (unpaired) electrons. The zero-order valence-corrected chi connectivity index (χ0v) is 17.6. The van der Waals surface area contributed by atoms with Crippen LogP contribution in [0.5, 0.6) is 0 Å². The van der Waals surface area contributed by atoms with Crippen molar-refractivity contribution in [1.29, 1.82) is 0 Å². The molecule has 0 spiro atoms. The van der Waals surface area contributed by atoms with Gasteiger partial charge in [0.05, 0.1) is 20.6 Å². The SMILES string of the molecule is Fc1nc2c(F)c(F)c(F)c(F)c2c(SCSc2c(F)c(F)nc3c(F)c(F)c(F)c(F)c23)c1F. The summed E-state index contributed by atoms with van der Waals surface area (Å²) >= 11 is -0.0358. The van der Waals surface area contributed by atoms with Crippen LogP contribution in [0.25, 0.3) is 21.8 Å².